The van der Waals surface area contributed by atoms with Crippen molar-refractivity contribution in [2.75, 3.05) is 81.9 Å². The number of anilines is 1. The number of aryl methyl sites for hydroxylation is 2. The van der Waals surface area contributed by atoms with Gasteiger partial charge in [-0.25, -0.2) is 21.4 Å². The van der Waals surface area contributed by atoms with Crippen molar-refractivity contribution >= 4 is 54.6 Å². The van der Waals surface area contributed by atoms with Crippen LogP contribution in [-0.2, 0) is 37.6 Å². The van der Waals surface area contributed by atoms with Crippen molar-refractivity contribution < 1.29 is 44.2 Å². The van der Waals surface area contributed by atoms with Crippen LogP contribution < -0.4 is 14.2 Å². The number of aromatic nitrogens is 1. The highest BCUT2D eigenvalue weighted by molar-refractivity contribution is 7.85. The highest BCUT2D eigenvalue weighted by Crippen LogP contribution is 2.48. The van der Waals surface area contributed by atoms with Gasteiger partial charge in [0.05, 0.1) is 102 Å². The molecule has 3 heterocycles. The molecule has 0 radical (unpaired) electrons. The topological polar surface area (TPSA) is 143 Å². The van der Waals surface area contributed by atoms with E-state index < -0.39 is 37.2 Å². The van der Waals surface area contributed by atoms with Gasteiger partial charge in [0.15, 0.2) is 5.71 Å². The van der Waals surface area contributed by atoms with E-state index in [-0.39, 0.29) is 18.3 Å². The Morgan fingerprint density at radius 2 is 1.08 bits per heavy atom. The number of hydrogen-bond acceptors (Lipinski definition) is 9. The molecule has 0 saturated carbocycles. The van der Waals surface area contributed by atoms with Gasteiger partial charge in [0.25, 0.3) is 0 Å². The number of quaternary nitrogens is 2. The summed E-state index contributed by atoms with van der Waals surface area (Å²) in [7, 11) is -8.59. The number of hydrogen-bond donors (Lipinski definition) is 0. The van der Waals surface area contributed by atoms with Crippen LogP contribution in [0.25, 0.3) is 5.57 Å². The van der Waals surface area contributed by atoms with Gasteiger partial charge in [0.2, 0.25) is 0 Å². The second-order valence-electron chi connectivity index (χ2n) is 27.3. The molecule has 0 unspecified atom stereocenters. The standard InChI is InChI=1S/C44H56ClN3O7S2.2C16H36N/c1-7-8-11-25-55-36-16-14-15-34(29-36)33(18-21-40-43(3,4)38-30-35(45)31-47(42(38)46-40)23-9-12-26-56(49,50)51)19-22-41-44(5,6)37-28-32(2)17-20-39(37)48(41)24-10-13-27-57(52,53)54;2*1-5-9-13-17(14-10-6-2,15-11-7-3)16-12-8-4/h14-22,28-31H,7-13,23-27H2,1-6H3,(H-,49,50,51,52,53,54);2*5-16H2,1-4H3/q;2*+1/p-1. The number of allylic oxidation sites excluding steroid dienone is 6. The normalized spacial score (nSPS) is 15.1. The molecule has 1 aromatic heterocycles. The third-order valence-electron chi connectivity index (χ3n) is 18.6. The van der Waals surface area contributed by atoms with E-state index in [1.165, 1.54) is 170 Å². The Hall–Kier alpha value is -3.89. The van der Waals surface area contributed by atoms with E-state index in [2.05, 4.69) is 144 Å². The Kier molecular flexibility index (Phi) is 37.4. The molecule has 0 spiro atoms. The molecule has 0 amide bonds. The third kappa shape index (κ3) is 28.1. The first-order chi connectivity index (χ1) is 43.3. The van der Waals surface area contributed by atoms with Crippen molar-refractivity contribution in [2.45, 2.75) is 262 Å². The second kappa shape index (κ2) is 41.8. The molecule has 3 aromatic rings. The number of nitrogens with zero attached hydrogens (tertiary/aromatic N) is 5. The summed E-state index contributed by atoms with van der Waals surface area (Å²) < 4.78 is 78.7. The molecule has 0 atom stereocenters. The Morgan fingerprint density at radius 3 is 1.55 bits per heavy atom. The zero-order valence-electron chi connectivity index (χ0n) is 59.7. The molecule has 91 heavy (non-hydrogen) atoms. The van der Waals surface area contributed by atoms with Crippen LogP contribution in [-0.4, -0.2) is 118 Å². The van der Waals surface area contributed by atoms with Gasteiger partial charge < -0.3 is 27.7 Å². The summed E-state index contributed by atoms with van der Waals surface area (Å²) in [6.07, 6.45) is 36.9. The van der Waals surface area contributed by atoms with Gasteiger partial charge in [-0.2, -0.15) is 0 Å². The number of aliphatic imine (C=N–C) groups is 1. The fourth-order valence-electron chi connectivity index (χ4n) is 12.8. The molecule has 0 aliphatic carbocycles. The van der Waals surface area contributed by atoms with Crippen LogP contribution in [0.1, 0.15) is 260 Å². The van der Waals surface area contributed by atoms with Crippen molar-refractivity contribution in [3.63, 3.8) is 0 Å². The summed E-state index contributed by atoms with van der Waals surface area (Å²) in [5.41, 5.74) is 7.20. The van der Waals surface area contributed by atoms with Crippen molar-refractivity contribution in [1.82, 2.24) is 0 Å². The number of pyridine rings is 1. The highest BCUT2D eigenvalue weighted by Gasteiger charge is 2.43. The minimum absolute atomic E-state index is 0.242. The van der Waals surface area contributed by atoms with Crippen LogP contribution in [0.5, 0.6) is 5.75 Å². The fraction of sp³-hybridized carbons (Fsp3) is 0.684. The van der Waals surface area contributed by atoms with E-state index in [9.17, 15) is 25.9 Å². The maximum Gasteiger partial charge on any atom is 0.327 e. The third-order valence-corrected chi connectivity index (χ3v) is 20.4. The molecule has 2 aliphatic heterocycles. The molecular formula is C76H127ClN5O7S2+. The lowest BCUT2D eigenvalue weighted by Gasteiger charge is -2.39. The largest absolute Gasteiger partial charge is 0.748 e. The molecule has 2 aromatic carbocycles. The second-order valence-corrected chi connectivity index (χ2v) is 30.8. The number of benzene rings is 2. The highest BCUT2D eigenvalue weighted by atomic mass is 35.5. The Morgan fingerprint density at radius 1 is 0.593 bits per heavy atom. The Bertz CT molecular complexity index is 2840. The van der Waals surface area contributed by atoms with Crippen LogP contribution in [0.2, 0.25) is 5.02 Å². The molecule has 516 valence electrons. The molecule has 0 saturated heterocycles. The van der Waals surface area contributed by atoms with Crippen LogP contribution in [0.4, 0.5) is 11.5 Å². The van der Waals surface area contributed by atoms with Crippen LogP contribution in [0, 0.1) is 6.92 Å². The number of rotatable bonds is 43. The molecule has 0 N–H and O–H groups in total. The van der Waals surface area contributed by atoms with E-state index in [1.54, 1.807) is 6.20 Å². The van der Waals surface area contributed by atoms with E-state index in [1.807, 2.05) is 34.9 Å². The summed E-state index contributed by atoms with van der Waals surface area (Å²) in [5, 5.41) is 0.538. The number of ether oxygens (including phenoxy) is 1. The maximum absolute atomic E-state index is 11.4. The molecule has 2 aliphatic rings. The summed E-state index contributed by atoms with van der Waals surface area (Å²) in [4.78, 5) is 7.34. The van der Waals surface area contributed by atoms with Gasteiger partial charge in [-0.1, -0.05) is 194 Å². The maximum atomic E-state index is 11.4. The van der Waals surface area contributed by atoms with Crippen molar-refractivity contribution in [2.24, 2.45) is 4.99 Å². The van der Waals surface area contributed by atoms with Crippen LogP contribution >= 0.6 is 11.6 Å². The lowest BCUT2D eigenvalue weighted by molar-refractivity contribution is -0.929. The van der Waals surface area contributed by atoms with E-state index in [4.69, 9.17) is 21.3 Å². The molecule has 0 fully saturated rings. The SMILES string of the molecule is CCCCCOc1cccc(C(C=CC2=Nc3c(cc(Cl)c[n+]3CCCCS(=O)(=O)[O-])C2(C)C)=CC=C2N(CCCCS(=O)(=O)[O-])c3ccc(C)cc3C2(C)C)c1.CCCC[N+](CCCC)(CCCC)CCCC.CCCC[N+](CCCC)(CCCC)CCCC. The van der Waals surface area contributed by atoms with E-state index in [0.29, 0.717) is 37.6 Å². The van der Waals surface area contributed by atoms with Crippen molar-refractivity contribution in [3.05, 3.63) is 112 Å². The lowest BCUT2D eigenvalue weighted by atomic mass is 9.81. The average molecular weight is 1320 g/mol. The van der Waals surface area contributed by atoms with Crippen LogP contribution in [0.3, 0.4) is 0 Å². The summed E-state index contributed by atoms with van der Waals surface area (Å²) in [6.45, 7) is 44.5. The molecule has 0 bridgehead atoms. The minimum atomic E-state index is -4.30. The van der Waals surface area contributed by atoms with Gasteiger partial charge in [0, 0.05) is 34.8 Å². The monoisotopic (exact) mass is 1320 g/mol. The first kappa shape index (κ1) is 81.3. The van der Waals surface area contributed by atoms with E-state index >= 15 is 0 Å². The van der Waals surface area contributed by atoms with Crippen molar-refractivity contribution in [3.8, 4) is 5.75 Å². The van der Waals surface area contributed by atoms with Gasteiger partial charge >= 0.3 is 5.82 Å². The van der Waals surface area contributed by atoms with Crippen LogP contribution in [0.15, 0.2) is 89.7 Å². The fourth-order valence-corrected chi connectivity index (χ4v) is 14.2. The molecule has 12 nitrogen and oxygen atoms in total. The first-order valence-corrected chi connectivity index (χ1v) is 39.4. The molecule has 15 heteroatoms. The number of halogens is 1. The van der Waals surface area contributed by atoms with Gasteiger partial charge in [-0.15, -0.1) is 0 Å². The molecule has 5 rings (SSSR count). The van der Waals surface area contributed by atoms with E-state index in [0.717, 1.165) is 70.2 Å². The predicted molar refractivity (Wildman–Crippen MR) is 386 cm³/mol. The van der Waals surface area contributed by atoms with Gasteiger partial charge in [-0.05, 0) is 162 Å². The summed E-state index contributed by atoms with van der Waals surface area (Å²) in [6, 6.07) is 16.4. The van der Waals surface area contributed by atoms with Crippen molar-refractivity contribution in [1.29, 1.82) is 0 Å². The summed E-state index contributed by atoms with van der Waals surface area (Å²) >= 11 is 6.60. The smallest absolute Gasteiger partial charge is 0.327 e. The summed E-state index contributed by atoms with van der Waals surface area (Å²) in [5.74, 6) is 0.714. The Labute approximate surface area is 562 Å². The first-order valence-electron chi connectivity index (χ1n) is 35.9. The number of unbranched alkanes of at least 4 members (excludes halogenated alkanes) is 12. The zero-order valence-corrected chi connectivity index (χ0v) is 62.1. The van der Waals surface area contributed by atoms with Gasteiger partial charge in [0.1, 0.15) is 11.9 Å². The molecular weight excluding hydrogens is 1190 g/mol. The lowest BCUT2D eigenvalue weighted by Crippen LogP contribution is -2.50. The predicted octanol–water partition coefficient (Wildman–Crippen LogP) is 18.8. The number of fused-ring (bicyclic) bond motifs is 2. The minimum Gasteiger partial charge on any atom is -0.748 e. The average Bonchev–Trinajstić information content (AvgIpc) is 1.61. The van der Waals surface area contributed by atoms with Gasteiger partial charge in [-0.3, -0.25) is 0 Å². The Balaban J connectivity index is 0.000000518. The zero-order chi connectivity index (χ0) is 67.6. The quantitative estimate of drug-likeness (QED) is 0.0179.